The lowest BCUT2D eigenvalue weighted by Crippen LogP contribution is -2.39. The van der Waals surface area contributed by atoms with Crippen molar-refractivity contribution in [2.75, 3.05) is 25.0 Å². The van der Waals surface area contributed by atoms with Gasteiger partial charge in [0.1, 0.15) is 5.82 Å². The van der Waals surface area contributed by atoms with Crippen LogP contribution in [0.25, 0.3) is 11.4 Å². The molecule has 30 heavy (non-hydrogen) atoms. The van der Waals surface area contributed by atoms with Crippen molar-refractivity contribution in [1.82, 2.24) is 15.0 Å². The minimum absolute atomic E-state index is 0.0364. The maximum absolute atomic E-state index is 13.5. The third-order valence-corrected chi connectivity index (χ3v) is 5.70. The van der Waals surface area contributed by atoms with E-state index in [-0.39, 0.29) is 24.2 Å². The largest absolute Gasteiger partial charge is 0.339 e. The number of piperidine rings is 1. The Morgan fingerprint density at radius 3 is 3.00 bits per heavy atom. The number of nitrogens with one attached hydrogen (secondary N) is 1. The van der Waals surface area contributed by atoms with Crippen LogP contribution in [0.3, 0.4) is 0 Å². The minimum atomic E-state index is -0.344. The Morgan fingerprint density at radius 1 is 1.33 bits per heavy atom. The van der Waals surface area contributed by atoms with Crippen LogP contribution in [0.4, 0.5) is 10.1 Å². The molecule has 156 valence electrons. The molecule has 8 heteroatoms. The van der Waals surface area contributed by atoms with Crippen LogP contribution in [0.1, 0.15) is 30.2 Å². The van der Waals surface area contributed by atoms with Gasteiger partial charge < -0.3 is 9.84 Å². The summed E-state index contributed by atoms with van der Waals surface area (Å²) in [6.07, 6.45) is 1.82. The first-order chi connectivity index (χ1) is 14.5. The van der Waals surface area contributed by atoms with Gasteiger partial charge >= 0.3 is 0 Å². The Balaban J connectivity index is 1.39. The van der Waals surface area contributed by atoms with E-state index >= 15 is 0 Å². The lowest BCUT2D eigenvalue weighted by molar-refractivity contribution is -0.117. The lowest BCUT2D eigenvalue weighted by Gasteiger charge is -2.30. The van der Waals surface area contributed by atoms with Crippen molar-refractivity contribution < 1.29 is 13.7 Å². The van der Waals surface area contributed by atoms with E-state index in [1.165, 1.54) is 12.1 Å². The maximum Gasteiger partial charge on any atom is 0.238 e. The quantitative estimate of drug-likeness (QED) is 0.640. The fraction of sp³-hybridized carbons (Fsp3) is 0.318. The second-order valence-corrected chi connectivity index (χ2v) is 7.91. The predicted octanol–water partition coefficient (Wildman–Crippen LogP) is 4.66. The van der Waals surface area contributed by atoms with Crippen LogP contribution in [0.15, 0.2) is 47.0 Å². The number of benzene rings is 2. The molecule has 3 aromatic rings. The summed E-state index contributed by atoms with van der Waals surface area (Å²) in [5.41, 5.74) is 2.14. The number of aromatic nitrogens is 2. The zero-order valence-electron chi connectivity index (χ0n) is 16.6. The lowest BCUT2D eigenvalue weighted by atomic mass is 9.98. The molecule has 1 aromatic heterocycles. The van der Waals surface area contributed by atoms with Gasteiger partial charge in [-0.3, -0.25) is 9.69 Å². The van der Waals surface area contributed by atoms with E-state index in [1.54, 1.807) is 18.2 Å². The molecule has 1 atom stereocenters. The number of rotatable bonds is 5. The minimum Gasteiger partial charge on any atom is -0.339 e. The van der Waals surface area contributed by atoms with E-state index in [9.17, 15) is 9.18 Å². The van der Waals surface area contributed by atoms with E-state index in [4.69, 9.17) is 16.1 Å². The summed E-state index contributed by atoms with van der Waals surface area (Å²) in [6.45, 7) is 3.62. The molecular formula is C22H22ClFN4O2. The normalized spacial score (nSPS) is 17.1. The number of nitrogens with zero attached hydrogens (tertiary/aromatic N) is 3. The van der Waals surface area contributed by atoms with Crippen molar-refractivity contribution in [2.24, 2.45) is 0 Å². The fourth-order valence-electron chi connectivity index (χ4n) is 3.68. The van der Waals surface area contributed by atoms with Crippen LogP contribution in [-0.2, 0) is 4.79 Å². The summed E-state index contributed by atoms with van der Waals surface area (Å²) in [4.78, 5) is 19.1. The summed E-state index contributed by atoms with van der Waals surface area (Å²) < 4.78 is 18.9. The SMILES string of the molecule is Cc1c(Cl)cccc1NC(=O)CN1CCCC(c2nc(-c3cccc(F)c3)no2)C1. The second-order valence-electron chi connectivity index (χ2n) is 7.50. The number of hydrogen-bond donors (Lipinski definition) is 1. The third kappa shape index (κ3) is 4.68. The highest BCUT2D eigenvalue weighted by Crippen LogP contribution is 2.28. The van der Waals surface area contributed by atoms with Gasteiger partial charge in [-0.15, -0.1) is 0 Å². The van der Waals surface area contributed by atoms with Gasteiger partial charge in [0.2, 0.25) is 17.6 Å². The fourth-order valence-corrected chi connectivity index (χ4v) is 3.86. The van der Waals surface area contributed by atoms with Crippen LogP contribution < -0.4 is 5.32 Å². The van der Waals surface area contributed by atoms with Gasteiger partial charge in [-0.25, -0.2) is 4.39 Å². The standard InChI is InChI=1S/C22H22ClFN4O2/c1-14-18(23)8-3-9-19(14)25-20(29)13-28-10-4-6-16(12-28)22-26-21(27-30-22)15-5-2-7-17(24)11-15/h2-3,5,7-9,11,16H,4,6,10,12-13H2,1H3,(H,25,29). The summed E-state index contributed by atoms with van der Waals surface area (Å²) >= 11 is 6.13. The van der Waals surface area contributed by atoms with Crippen LogP contribution in [0, 0.1) is 12.7 Å². The third-order valence-electron chi connectivity index (χ3n) is 5.29. The molecule has 1 N–H and O–H groups in total. The molecule has 1 aliphatic heterocycles. The van der Waals surface area contributed by atoms with E-state index in [1.807, 2.05) is 19.1 Å². The molecule has 0 radical (unpaired) electrons. The molecule has 0 aliphatic carbocycles. The Morgan fingerprint density at radius 2 is 2.17 bits per heavy atom. The first kappa shape index (κ1) is 20.5. The number of likely N-dealkylation sites (tertiary alicyclic amines) is 1. The monoisotopic (exact) mass is 428 g/mol. The number of carbonyl (C=O) groups excluding carboxylic acids is 1. The molecule has 2 heterocycles. The predicted molar refractivity (Wildman–Crippen MR) is 113 cm³/mol. The Kier molecular flexibility index (Phi) is 6.11. The molecule has 1 unspecified atom stereocenters. The number of carbonyl (C=O) groups is 1. The molecule has 0 spiro atoms. The van der Waals surface area contributed by atoms with Gasteiger partial charge in [0.05, 0.1) is 12.5 Å². The van der Waals surface area contributed by atoms with Crippen molar-refractivity contribution in [3.63, 3.8) is 0 Å². The zero-order chi connectivity index (χ0) is 21.1. The zero-order valence-corrected chi connectivity index (χ0v) is 17.3. The van der Waals surface area contributed by atoms with Gasteiger partial charge in [0, 0.05) is 22.8 Å². The van der Waals surface area contributed by atoms with Crippen molar-refractivity contribution in [3.05, 3.63) is 64.8 Å². The summed E-state index contributed by atoms with van der Waals surface area (Å²) in [6, 6.07) is 11.6. The number of halogens is 2. The van der Waals surface area contributed by atoms with Crippen LogP contribution in [-0.4, -0.2) is 40.6 Å². The molecule has 6 nitrogen and oxygen atoms in total. The van der Waals surface area contributed by atoms with Gasteiger partial charge in [-0.05, 0) is 56.1 Å². The Hall–Kier alpha value is -2.77. The molecule has 4 rings (SSSR count). The molecule has 1 aliphatic rings. The highest BCUT2D eigenvalue weighted by molar-refractivity contribution is 6.31. The van der Waals surface area contributed by atoms with Crippen LogP contribution in [0.2, 0.25) is 5.02 Å². The number of hydrogen-bond acceptors (Lipinski definition) is 5. The van der Waals surface area contributed by atoms with E-state index in [2.05, 4.69) is 20.4 Å². The number of anilines is 1. The summed E-state index contributed by atoms with van der Waals surface area (Å²) in [5, 5.41) is 7.55. The van der Waals surface area contributed by atoms with Gasteiger partial charge in [-0.1, -0.05) is 35.0 Å². The highest BCUT2D eigenvalue weighted by Gasteiger charge is 2.27. The van der Waals surface area contributed by atoms with Crippen molar-refractivity contribution in [1.29, 1.82) is 0 Å². The summed E-state index contributed by atoms with van der Waals surface area (Å²) in [7, 11) is 0. The molecular weight excluding hydrogens is 407 g/mol. The molecule has 1 amide bonds. The van der Waals surface area contributed by atoms with Gasteiger partial charge in [-0.2, -0.15) is 4.98 Å². The average molecular weight is 429 g/mol. The van der Waals surface area contributed by atoms with Crippen LogP contribution in [0.5, 0.6) is 0 Å². The van der Waals surface area contributed by atoms with E-state index in [0.717, 1.165) is 30.6 Å². The van der Waals surface area contributed by atoms with Gasteiger partial charge in [0.15, 0.2) is 0 Å². The molecule has 1 saturated heterocycles. The van der Waals surface area contributed by atoms with Crippen molar-refractivity contribution >= 4 is 23.2 Å². The topological polar surface area (TPSA) is 71.3 Å². The average Bonchev–Trinajstić information content (AvgIpc) is 3.22. The highest BCUT2D eigenvalue weighted by atomic mass is 35.5. The Bertz CT molecular complexity index is 1060. The van der Waals surface area contributed by atoms with Crippen LogP contribution >= 0.6 is 11.6 Å². The van der Waals surface area contributed by atoms with Crippen molar-refractivity contribution in [2.45, 2.75) is 25.7 Å². The Labute approximate surface area is 179 Å². The maximum atomic E-state index is 13.5. The smallest absolute Gasteiger partial charge is 0.238 e. The first-order valence-electron chi connectivity index (χ1n) is 9.86. The second kappa shape index (κ2) is 8.93. The van der Waals surface area contributed by atoms with Crippen molar-refractivity contribution in [3.8, 4) is 11.4 Å². The summed E-state index contributed by atoms with van der Waals surface area (Å²) in [5.74, 6) is 0.491. The van der Waals surface area contributed by atoms with E-state index < -0.39 is 0 Å². The molecule has 0 saturated carbocycles. The number of amides is 1. The first-order valence-corrected chi connectivity index (χ1v) is 10.2. The molecule has 2 aromatic carbocycles. The molecule has 0 bridgehead atoms. The van der Waals surface area contributed by atoms with Gasteiger partial charge in [0.25, 0.3) is 0 Å². The molecule has 1 fully saturated rings. The van der Waals surface area contributed by atoms with E-state index in [0.29, 0.717) is 28.8 Å².